The molecule has 3 aromatic rings. The Balaban J connectivity index is 1.88. The number of rotatable bonds is 4. The largest absolute Gasteiger partial charge is 0.481 e. The number of amides is 1. The molecule has 2 heterocycles. The first-order chi connectivity index (χ1) is 12.1. The zero-order valence-electron chi connectivity index (χ0n) is 15.0. The second-order valence-corrected chi connectivity index (χ2v) is 8.22. The van der Waals surface area contributed by atoms with Gasteiger partial charge >= 0.3 is 5.97 Å². The van der Waals surface area contributed by atoms with Crippen molar-refractivity contribution in [1.82, 2.24) is 4.98 Å². The highest BCUT2D eigenvalue weighted by atomic mass is 32.1. The number of fused-ring (bicyclic) bond motifs is 1. The molecule has 0 bridgehead atoms. The van der Waals surface area contributed by atoms with Gasteiger partial charge in [0, 0.05) is 16.7 Å². The normalized spacial score (nSPS) is 11.7. The highest BCUT2D eigenvalue weighted by Gasteiger charge is 2.22. The van der Waals surface area contributed by atoms with E-state index in [0.717, 1.165) is 15.2 Å². The van der Waals surface area contributed by atoms with Crippen LogP contribution in [-0.2, 0) is 16.6 Å². The van der Waals surface area contributed by atoms with E-state index in [9.17, 15) is 9.59 Å². The maximum absolute atomic E-state index is 12.6. The molecule has 6 nitrogen and oxygen atoms in total. The SMILES string of the molecule is Cc1coc(CC(=O)O)c1C(=O)Nc1ccc2nc(C(C)(C)C)sc2c1. The molecule has 0 atom stereocenters. The van der Waals surface area contributed by atoms with Gasteiger partial charge in [0.05, 0.1) is 27.1 Å². The van der Waals surface area contributed by atoms with E-state index in [4.69, 9.17) is 9.52 Å². The molecular formula is C19H20N2O4S. The fraction of sp³-hybridized carbons (Fsp3) is 0.316. The highest BCUT2D eigenvalue weighted by molar-refractivity contribution is 7.18. The van der Waals surface area contributed by atoms with E-state index in [1.807, 2.05) is 12.1 Å². The minimum atomic E-state index is -1.05. The lowest BCUT2D eigenvalue weighted by atomic mass is 9.98. The molecule has 0 spiro atoms. The fourth-order valence-corrected chi connectivity index (χ4v) is 3.65. The summed E-state index contributed by atoms with van der Waals surface area (Å²) in [5.74, 6) is -1.28. The van der Waals surface area contributed by atoms with E-state index in [1.54, 1.807) is 24.3 Å². The standard InChI is InChI=1S/C19H20N2O4S/c1-10-9-25-13(8-15(22)23)16(10)17(24)20-11-5-6-12-14(7-11)26-18(21-12)19(2,3)4/h5-7,9H,8H2,1-4H3,(H,20,24)(H,22,23). The molecule has 26 heavy (non-hydrogen) atoms. The molecule has 0 aliphatic heterocycles. The van der Waals surface area contributed by atoms with Gasteiger partial charge < -0.3 is 14.8 Å². The first-order valence-corrected chi connectivity index (χ1v) is 8.98. The summed E-state index contributed by atoms with van der Waals surface area (Å²) in [4.78, 5) is 28.2. The maximum atomic E-state index is 12.6. The monoisotopic (exact) mass is 372 g/mol. The number of carboxylic acids is 1. The van der Waals surface area contributed by atoms with Gasteiger partial charge in [-0.15, -0.1) is 11.3 Å². The van der Waals surface area contributed by atoms with Gasteiger partial charge in [0.15, 0.2) is 0 Å². The molecule has 0 saturated carbocycles. The Bertz CT molecular complexity index is 995. The van der Waals surface area contributed by atoms with E-state index >= 15 is 0 Å². The average molecular weight is 372 g/mol. The molecule has 0 fully saturated rings. The number of nitrogens with one attached hydrogen (secondary N) is 1. The molecule has 0 aliphatic rings. The molecule has 2 N–H and O–H groups in total. The fourth-order valence-electron chi connectivity index (χ4n) is 2.59. The second kappa shape index (κ2) is 6.57. The number of hydrogen-bond acceptors (Lipinski definition) is 5. The van der Waals surface area contributed by atoms with Crippen LogP contribution in [0.3, 0.4) is 0 Å². The summed E-state index contributed by atoms with van der Waals surface area (Å²) < 4.78 is 6.21. The van der Waals surface area contributed by atoms with Crippen molar-refractivity contribution in [3.05, 3.63) is 46.4 Å². The number of carbonyl (C=O) groups excluding carboxylic acids is 1. The van der Waals surface area contributed by atoms with Crippen LogP contribution in [0.25, 0.3) is 10.2 Å². The summed E-state index contributed by atoms with van der Waals surface area (Å²) in [5.41, 5.74) is 2.37. The Morgan fingerprint density at radius 2 is 2.04 bits per heavy atom. The van der Waals surface area contributed by atoms with Gasteiger partial charge in [-0.2, -0.15) is 0 Å². The van der Waals surface area contributed by atoms with Crippen molar-refractivity contribution in [3.63, 3.8) is 0 Å². The molecule has 0 unspecified atom stereocenters. The molecular weight excluding hydrogens is 352 g/mol. The summed E-state index contributed by atoms with van der Waals surface area (Å²) >= 11 is 1.60. The number of carboxylic acid groups (broad SMARTS) is 1. The number of benzene rings is 1. The number of aryl methyl sites for hydroxylation is 1. The van der Waals surface area contributed by atoms with Crippen LogP contribution in [0.15, 0.2) is 28.9 Å². The minimum Gasteiger partial charge on any atom is -0.481 e. The van der Waals surface area contributed by atoms with Crippen molar-refractivity contribution in [1.29, 1.82) is 0 Å². The predicted octanol–water partition coefficient (Wildman–Crippen LogP) is 4.37. The van der Waals surface area contributed by atoms with Gasteiger partial charge in [-0.05, 0) is 25.1 Å². The van der Waals surface area contributed by atoms with E-state index in [1.165, 1.54) is 6.26 Å². The van der Waals surface area contributed by atoms with E-state index in [2.05, 4.69) is 31.1 Å². The van der Waals surface area contributed by atoms with Crippen LogP contribution in [0, 0.1) is 6.92 Å². The average Bonchev–Trinajstić information content (AvgIpc) is 3.09. The zero-order valence-corrected chi connectivity index (χ0v) is 15.9. The van der Waals surface area contributed by atoms with Gasteiger partial charge in [-0.1, -0.05) is 20.8 Å². The van der Waals surface area contributed by atoms with Crippen molar-refractivity contribution >= 4 is 39.1 Å². The molecule has 1 amide bonds. The number of furan rings is 1. The Labute approximate surface area is 154 Å². The number of aromatic nitrogens is 1. The van der Waals surface area contributed by atoms with E-state index in [-0.39, 0.29) is 29.1 Å². The van der Waals surface area contributed by atoms with Gasteiger partial charge in [-0.3, -0.25) is 9.59 Å². The lowest BCUT2D eigenvalue weighted by Gasteiger charge is -2.13. The Morgan fingerprint density at radius 3 is 2.69 bits per heavy atom. The minimum absolute atomic E-state index is 0.0350. The summed E-state index contributed by atoms with van der Waals surface area (Å²) in [7, 11) is 0. The van der Waals surface area contributed by atoms with Crippen LogP contribution in [0.2, 0.25) is 0 Å². The topological polar surface area (TPSA) is 92.4 Å². The van der Waals surface area contributed by atoms with Crippen molar-refractivity contribution in [2.45, 2.75) is 39.5 Å². The van der Waals surface area contributed by atoms with Crippen LogP contribution in [-0.4, -0.2) is 22.0 Å². The van der Waals surface area contributed by atoms with Crippen molar-refractivity contribution in [3.8, 4) is 0 Å². The molecule has 3 rings (SSSR count). The van der Waals surface area contributed by atoms with E-state index in [0.29, 0.717) is 11.3 Å². The third-order valence-corrected chi connectivity index (χ3v) is 5.32. The number of carbonyl (C=O) groups is 2. The third-order valence-electron chi connectivity index (χ3n) is 3.88. The number of nitrogens with zero attached hydrogens (tertiary/aromatic N) is 1. The second-order valence-electron chi connectivity index (χ2n) is 7.19. The molecule has 0 aliphatic carbocycles. The first-order valence-electron chi connectivity index (χ1n) is 8.16. The van der Waals surface area contributed by atoms with Crippen molar-refractivity contribution in [2.75, 3.05) is 5.32 Å². The number of anilines is 1. The van der Waals surface area contributed by atoms with Crippen LogP contribution >= 0.6 is 11.3 Å². The quantitative estimate of drug-likeness (QED) is 0.709. The first kappa shape index (κ1) is 18.1. The van der Waals surface area contributed by atoms with Crippen molar-refractivity contribution < 1.29 is 19.1 Å². The van der Waals surface area contributed by atoms with Gasteiger partial charge in [0.2, 0.25) is 0 Å². The highest BCUT2D eigenvalue weighted by Crippen LogP contribution is 2.32. The summed E-state index contributed by atoms with van der Waals surface area (Å²) in [6.07, 6.45) is 1.06. The molecule has 7 heteroatoms. The predicted molar refractivity (Wildman–Crippen MR) is 101 cm³/mol. The molecule has 1 aromatic carbocycles. The summed E-state index contributed by atoms with van der Waals surface area (Å²) in [5, 5.41) is 12.8. The van der Waals surface area contributed by atoms with Crippen LogP contribution in [0.4, 0.5) is 5.69 Å². The molecule has 0 radical (unpaired) electrons. The van der Waals surface area contributed by atoms with E-state index < -0.39 is 5.97 Å². The zero-order chi connectivity index (χ0) is 19.1. The van der Waals surface area contributed by atoms with Gasteiger partial charge in [0.25, 0.3) is 5.91 Å². The Kier molecular flexibility index (Phi) is 4.58. The Morgan fingerprint density at radius 1 is 1.31 bits per heavy atom. The number of hydrogen-bond donors (Lipinski definition) is 2. The van der Waals surface area contributed by atoms with Crippen LogP contribution < -0.4 is 5.32 Å². The lowest BCUT2D eigenvalue weighted by Crippen LogP contribution is -2.15. The van der Waals surface area contributed by atoms with Gasteiger partial charge in [0.1, 0.15) is 12.2 Å². The lowest BCUT2D eigenvalue weighted by molar-refractivity contribution is -0.136. The van der Waals surface area contributed by atoms with Crippen LogP contribution in [0.5, 0.6) is 0 Å². The third kappa shape index (κ3) is 3.62. The molecule has 0 saturated heterocycles. The Hall–Kier alpha value is -2.67. The number of aliphatic carboxylic acids is 1. The number of thiazole rings is 1. The van der Waals surface area contributed by atoms with Crippen LogP contribution in [0.1, 0.15) is 47.5 Å². The van der Waals surface area contributed by atoms with Gasteiger partial charge in [-0.25, -0.2) is 4.98 Å². The molecule has 136 valence electrons. The smallest absolute Gasteiger partial charge is 0.311 e. The summed E-state index contributed by atoms with van der Waals surface area (Å²) in [6.45, 7) is 8.04. The summed E-state index contributed by atoms with van der Waals surface area (Å²) in [6, 6.07) is 5.54. The van der Waals surface area contributed by atoms with Crippen molar-refractivity contribution in [2.24, 2.45) is 0 Å². The molecule has 2 aromatic heterocycles. The maximum Gasteiger partial charge on any atom is 0.311 e.